The van der Waals surface area contributed by atoms with Crippen LogP contribution in [0.25, 0.3) is 5.65 Å². The summed E-state index contributed by atoms with van der Waals surface area (Å²) in [5.41, 5.74) is 0.304. The fourth-order valence-electron chi connectivity index (χ4n) is 2.84. The van der Waals surface area contributed by atoms with Crippen LogP contribution in [-0.4, -0.2) is 51.7 Å². The van der Waals surface area contributed by atoms with Crippen molar-refractivity contribution in [1.82, 2.24) is 19.6 Å². The van der Waals surface area contributed by atoms with Crippen LogP contribution in [0.2, 0.25) is 0 Å². The molecule has 2 aliphatic heterocycles. The minimum Gasteiger partial charge on any atom is -0.356 e. The molecule has 1 spiro atoms. The van der Waals surface area contributed by atoms with E-state index >= 15 is 0 Å². The molecule has 8 nitrogen and oxygen atoms in total. The molecule has 2 aromatic rings. The van der Waals surface area contributed by atoms with Crippen LogP contribution in [0.15, 0.2) is 17.2 Å². The van der Waals surface area contributed by atoms with Gasteiger partial charge in [-0.15, -0.1) is 0 Å². The van der Waals surface area contributed by atoms with Gasteiger partial charge in [0.1, 0.15) is 12.1 Å². The van der Waals surface area contributed by atoms with E-state index in [9.17, 15) is 4.79 Å². The number of rotatable bonds is 1. The molecule has 2 saturated heterocycles. The molecular weight excluding hydrogens is 262 g/mol. The first-order chi connectivity index (χ1) is 9.76. The molecule has 0 radical (unpaired) electrons. The average molecular weight is 277 g/mol. The van der Waals surface area contributed by atoms with E-state index in [0.29, 0.717) is 18.9 Å². The predicted molar refractivity (Wildman–Crippen MR) is 69.7 cm³/mol. The summed E-state index contributed by atoms with van der Waals surface area (Å²) in [5.74, 6) is 0.438. The third-order valence-electron chi connectivity index (χ3n) is 3.96. The van der Waals surface area contributed by atoms with Crippen molar-refractivity contribution in [3.05, 3.63) is 22.9 Å². The fraction of sp³-hybridized carbons (Fsp3) is 0.583. The second kappa shape index (κ2) is 4.29. The first-order valence-electron chi connectivity index (χ1n) is 6.71. The van der Waals surface area contributed by atoms with E-state index in [0.717, 1.165) is 31.7 Å². The zero-order valence-corrected chi connectivity index (χ0v) is 10.9. The highest BCUT2D eigenvalue weighted by Crippen LogP contribution is 2.32. The quantitative estimate of drug-likeness (QED) is 0.774. The van der Waals surface area contributed by atoms with Gasteiger partial charge in [-0.05, 0) is 0 Å². The van der Waals surface area contributed by atoms with Crippen molar-refractivity contribution in [3.8, 4) is 0 Å². The predicted octanol–water partition coefficient (Wildman–Crippen LogP) is -0.239. The maximum atomic E-state index is 11.4. The van der Waals surface area contributed by atoms with Crippen LogP contribution in [0.5, 0.6) is 0 Å². The highest BCUT2D eigenvalue weighted by molar-refractivity contribution is 5.50. The molecular formula is C12H15N5O3. The Bertz CT molecular complexity index is 678. The first kappa shape index (κ1) is 11.9. The van der Waals surface area contributed by atoms with Gasteiger partial charge in [0, 0.05) is 32.0 Å². The lowest BCUT2D eigenvalue weighted by atomic mass is 10.0. The van der Waals surface area contributed by atoms with Crippen LogP contribution in [0.4, 0.5) is 5.82 Å². The maximum Gasteiger partial charge on any atom is 0.348 e. The van der Waals surface area contributed by atoms with Gasteiger partial charge in [-0.25, -0.2) is 19.3 Å². The van der Waals surface area contributed by atoms with Gasteiger partial charge >= 0.3 is 5.69 Å². The van der Waals surface area contributed by atoms with E-state index in [-0.39, 0.29) is 11.5 Å². The Kier molecular flexibility index (Phi) is 2.54. The third kappa shape index (κ3) is 1.80. The number of anilines is 1. The summed E-state index contributed by atoms with van der Waals surface area (Å²) in [5, 5.41) is 6.36. The molecule has 1 N–H and O–H groups in total. The molecule has 20 heavy (non-hydrogen) atoms. The van der Waals surface area contributed by atoms with Crippen LogP contribution in [0.1, 0.15) is 12.8 Å². The van der Waals surface area contributed by atoms with Crippen LogP contribution < -0.4 is 10.6 Å². The Balaban J connectivity index is 1.56. The number of nitrogens with one attached hydrogen (secondary N) is 1. The number of fused-ring (bicyclic) bond motifs is 1. The van der Waals surface area contributed by atoms with Gasteiger partial charge < -0.3 is 14.4 Å². The molecule has 0 unspecified atom stereocenters. The number of nitrogens with zero attached hydrogens (tertiary/aromatic N) is 4. The molecule has 4 heterocycles. The summed E-state index contributed by atoms with van der Waals surface area (Å²) < 4.78 is 12.8. The Morgan fingerprint density at radius 1 is 1.25 bits per heavy atom. The number of piperidine rings is 1. The molecule has 2 aliphatic rings. The topological polar surface area (TPSA) is 84.8 Å². The maximum absolute atomic E-state index is 11.4. The van der Waals surface area contributed by atoms with Gasteiger partial charge in [-0.2, -0.15) is 5.10 Å². The molecule has 106 valence electrons. The van der Waals surface area contributed by atoms with Gasteiger partial charge in [0.25, 0.3) is 0 Å². The summed E-state index contributed by atoms with van der Waals surface area (Å²) in [7, 11) is 0. The molecule has 8 heteroatoms. The average Bonchev–Trinajstić information content (AvgIpc) is 3.08. The molecule has 0 atom stereocenters. The number of H-pyrrole nitrogens is 1. The van der Waals surface area contributed by atoms with E-state index in [1.54, 1.807) is 0 Å². The number of hydrogen-bond acceptors (Lipinski definition) is 6. The highest BCUT2D eigenvalue weighted by Gasteiger charge is 2.40. The fourth-order valence-corrected chi connectivity index (χ4v) is 2.84. The Hall–Kier alpha value is -1.93. The van der Waals surface area contributed by atoms with Crippen LogP contribution in [0, 0.1) is 0 Å². The third-order valence-corrected chi connectivity index (χ3v) is 3.96. The molecule has 0 aliphatic carbocycles. The second-order valence-electron chi connectivity index (χ2n) is 5.10. The van der Waals surface area contributed by atoms with Gasteiger partial charge in [-0.1, -0.05) is 0 Å². The van der Waals surface area contributed by atoms with Crippen molar-refractivity contribution in [3.63, 3.8) is 0 Å². The van der Waals surface area contributed by atoms with Crippen LogP contribution in [-0.2, 0) is 9.47 Å². The number of ether oxygens (including phenoxy) is 2. The summed E-state index contributed by atoms with van der Waals surface area (Å²) in [4.78, 5) is 17.9. The first-order valence-corrected chi connectivity index (χ1v) is 6.71. The second-order valence-corrected chi connectivity index (χ2v) is 5.10. The lowest BCUT2D eigenvalue weighted by Crippen LogP contribution is -2.45. The van der Waals surface area contributed by atoms with E-state index in [2.05, 4.69) is 20.1 Å². The van der Waals surface area contributed by atoms with E-state index in [1.807, 2.05) is 6.07 Å². The van der Waals surface area contributed by atoms with Crippen LogP contribution >= 0.6 is 0 Å². The summed E-state index contributed by atoms with van der Waals surface area (Å²) in [6.07, 6.45) is 3.16. The zero-order chi connectivity index (χ0) is 13.6. The Labute approximate surface area is 114 Å². The minimum atomic E-state index is -0.385. The van der Waals surface area contributed by atoms with Gasteiger partial charge in [0.15, 0.2) is 11.4 Å². The normalized spacial score (nSPS) is 21.9. The van der Waals surface area contributed by atoms with E-state index in [4.69, 9.17) is 9.47 Å². The summed E-state index contributed by atoms with van der Waals surface area (Å²) >= 11 is 0. The van der Waals surface area contributed by atoms with Crippen molar-refractivity contribution in [2.24, 2.45) is 0 Å². The number of hydrogen-bond donors (Lipinski definition) is 1. The van der Waals surface area contributed by atoms with Crippen molar-refractivity contribution in [1.29, 1.82) is 0 Å². The number of aromatic nitrogens is 4. The van der Waals surface area contributed by atoms with Crippen molar-refractivity contribution >= 4 is 11.5 Å². The lowest BCUT2D eigenvalue weighted by Gasteiger charge is -2.38. The SMILES string of the molecule is O=c1[nH]nc2cc(N3CCC4(CC3)OCCO4)ncn12. The van der Waals surface area contributed by atoms with Crippen molar-refractivity contribution in [2.45, 2.75) is 18.6 Å². The largest absolute Gasteiger partial charge is 0.356 e. The Morgan fingerprint density at radius 2 is 2.00 bits per heavy atom. The molecule has 0 saturated carbocycles. The summed E-state index contributed by atoms with van der Waals surface area (Å²) in [6, 6.07) is 1.81. The minimum absolute atomic E-state index is 0.274. The standard InChI is InChI=1S/C12H15N5O3/c18-11-15-14-10-7-9(13-8-17(10)11)16-3-1-12(2-4-16)19-5-6-20-12/h7-8H,1-6H2,(H,15,18). The highest BCUT2D eigenvalue weighted by atomic mass is 16.7. The molecule has 4 rings (SSSR count). The Morgan fingerprint density at radius 3 is 2.75 bits per heavy atom. The molecule has 0 amide bonds. The molecule has 0 aromatic carbocycles. The lowest BCUT2D eigenvalue weighted by molar-refractivity contribution is -0.169. The van der Waals surface area contributed by atoms with Gasteiger partial charge in [0.2, 0.25) is 0 Å². The molecule has 2 aromatic heterocycles. The van der Waals surface area contributed by atoms with Gasteiger partial charge in [-0.3, -0.25) is 0 Å². The zero-order valence-electron chi connectivity index (χ0n) is 10.9. The van der Waals surface area contributed by atoms with E-state index < -0.39 is 0 Å². The monoisotopic (exact) mass is 277 g/mol. The van der Waals surface area contributed by atoms with Gasteiger partial charge in [0.05, 0.1) is 13.2 Å². The number of aromatic amines is 1. The molecule has 2 fully saturated rings. The van der Waals surface area contributed by atoms with E-state index in [1.165, 1.54) is 10.7 Å². The smallest absolute Gasteiger partial charge is 0.348 e. The molecule has 0 bridgehead atoms. The van der Waals surface area contributed by atoms with Crippen molar-refractivity contribution < 1.29 is 9.47 Å². The van der Waals surface area contributed by atoms with Crippen molar-refractivity contribution in [2.75, 3.05) is 31.2 Å². The summed E-state index contributed by atoms with van der Waals surface area (Å²) in [6.45, 7) is 3.00. The van der Waals surface area contributed by atoms with Crippen LogP contribution in [0.3, 0.4) is 0 Å².